The predicted octanol–water partition coefficient (Wildman–Crippen LogP) is 1.99. The molecule has 4 nitrogen and oxygen atoms in total. The van der Waals surface area contributed by atoms with Gasteiger partial charge in [-0.05, 0) is 51.0 Å². The lowest BCUT2D eigenvalue weighted by atomic mass is 10.1. The van der Waals surface area contributed by atoms with E-state index in [0.29, 0.717) is 17.6 Å². The number of carbonyl (C=O) groups is 1. The summed E-state index contributed by atoms with van der Waals surface area (Å²) >= 11 is 0. The molecule has 1 aromatic rings. The number of carbonyl (C=O) groups excluding carboxylic acids is 1. The van der Waals surface area contributed by atoms with Gasteiger partial charge in [-0.15, -0.1) is 0 Å². The molecule has 0 spiro atoms. The molecule has 1 fully saturated rings. The van der Waals surface area contributed by atoms with Gasteiger partial charge in [0.2, 0.25) is 5.91 Å². The molecule has 1 amide bonds. The first kappa shape index (κ1) is 13.9. The Hall–Kier alpha value is -1.55. The molecule has 1 heterocycles. The number of hydrogen-bond donors (Lipinski definition) is 2. The van der Waals surface area contributed by atoms with Crippen LogP contribution in [-0.2, 0) is 0 Å². The highest BCUT2D eigenvalue weighted by atomic mass is 16.1. The van der Waals surface area contributed by atoms with Crippen LogP contribution in [-0.4, -0.2) is 36.0 Å². The van der Waals surface area contributed by atoms with E-state index in [4.69, 9.17) is 5.73 Å². The number of rotatable bonds is 4. The Balaban J connectivity index is 2.02. The van der Waals surface area contributed by atoms with Gasteiger partial charge >= 0.3 is 0 Å². The van der Waals surface area contributed by atoms with Crippen molar-refractivity contribution in [3.63, 3.8) is 0 Å². The topological polar surface area (TPSA) is 58.4 Å². The fourth-order valence-electron chi connectivity index (χ4n) is 2.57. The first-order valence-electron chi connectivity index (χ1n) is 6.88. The quantitative estimate of drug-likeness (QED) is 0.871. The van der Waals surface area contributed by atoms with Crippen LogP contribution in [0.1, 0.15) is 36.2 Å². The van der Waals surface area contributed by atoms with Crippen molar-refractivity contribution >= 4 is 11.6 Å². The third-order valence-electron chi connectivity index (χ3n) is 3.82. The summed E-state index contributed by atoms with van der Waals surface area (Å²) in [5.41, 5.74) is 8.02. The molecule has 0 saturated carbocycles. The van der Waals surface area contributed by atoms with Crippen molar-refractivity contribution in [2.45, 2.75) is 39.3 Å². The van der Waals surface area contributed by atoms with Gasteiger partial charge < -0.3 is 11.1 Å². The van der Waals surface area contributed by atoms with Gasteiger partial charge in [0.25, 0.3) is 0 Å². The maximum absolute atomic E-state index is 11.1. The number of anilines is 1. The second-order valence-corrected chi connectivity index (χ2v) is 5.61. The van der Waals surface area contributed by atoms with Gasteiger partial charge in [0, 0.05) is 36.4 Å². The summed E-state index contributed by atoms with van der Waals surface area (Å²) in [5, 5.41) is 3.57. The molecule has 3 N–H and O–H groups in total. The van der Waals surface area contributed by atoms with Crippen LogP contribution in [0.2, 0.25) is 0 Å². The third kappa shape index (κ3) is 3.26. The van der Waals surface area contributed by atoms with Crippen LogP contribution in [0.5, 0.6) is 0 Å². The number of nitrogens with zero attached hydrogens (tertiary/aromatic N) is 1. The molecule has 0 bridgehead atoms. The van der Waals surface area contributed by atoms with Gasteiger partial charge in [0.05, 0.1) is 0 Å². The maximum atomic E-state index is 11.1. The van der Waals surface area contributed by atoms with E-state index in [1.54, 1.807) is 6.07 Å². The first-order chi connectivity index (χ1) is 8.97. The molecule has 1 aliphatic heterocycles. The van der Waals surface area contributed by atoms with Crippen molar-refractivity contribution < 1.29 is 4.79 Å². The van der Waals surface area contributed by atoms with E-state index >= 15 is 0 Å². The molecule has 104 valence electrons. The van der Waals surface area contributed by atoms with Gasteiger partial charge in [-0.3, -0.25) is 9.69 Å². The van der Waals surface area contributed by atoms with E-state index in [9.17, 15) is 4.79 Å². The van der Waals surface area contributed by atoms with E-state index < -0.39 is 0 Å². The van der Waals surface area contributed by atoms with E-state index in [-0.39, 0.29) is 5.91 Å². The highest BCUT2D eigenvalue weighted by Crippen LogP contribution is 2.21. The molecule has 1 saturated heterocycles. The van der Waals surface area contributed by atoms with Gasteiger partial charge in [-0.2, -0.15) is 0 Å². The number of nitrogens with two attached hydrogens (primary N) is 1. The summed E-state index contributed by atoms with van der Waals surface area (Å²) in [4.78, 5) is 13.6. The van der Waals surface area contributed by atoms with Crippen molar-refractivity contribution in [2.24, 2.45) is 5.73 Å². The Morgan fingerprint density at radius 2 is 2.21 bits per heavy atom. The minimum atomic E-state index is -0.374. The van der Waals surface area contributed by atoms with Crippen LogP contribution in [0.3, 0.4) is 0 Å². The molecular formula is C15H23N3O. The minimum absolute atomic E-state index is 0.374. The largest absolute Gasteiger partial charge is 0.381 e. The summed E-state index contributed by atoms with van der Waals surface area (Å²) in [6, 6.07) is 6.67. The SMILES string of the molecule is Cc1cc(C(N)=O)ccc1NC1CCN(C(C)C)C1. The fourth-order valence-corrected chi connectivity index (χ4v) is 2.57. The molecule has 2 rings (SSSR count). The van der Waals surface area contributed by atoms with Crippen molar-refractivity contribution in [1.82, 2.24) is 4.90 Å². The molecule has 0 radical (unpaired) electrons. The normalized spacial score (nSPS) is 19.9. The third-order valence-corrected chi connectivity index (χ3v) is 3.82. The first-order valence-corrected chi connectivity index (χ1v) is 6.88. The summed E-state index contributed by atoms with van der Waals surface area (Å²) in [6.45, 7) is 8.69. The summed E-state index contributed by atoms with van der Waals surface area (Å²) in [6.07, 6.45) is 1.16. The van der Waals surface area contributed by atoms with Gasteiger partial charge in [0.15, 0.2) is 0 Å². The number of primary amides is 1. The Bertz CT molecular complexity index is 470. The average Bonchev–Trinajstić information content (AvgIpc) is 2.80. The van der Waals surface area contributed by atoms with Crippen LogP contribution in [0, 0.1) is 6.92 Å². The van der Waals surface area contributed by atoms with Crippen molar-refractivity contribution in [3.8, 4) is 0 Å². The molecule has 1 atom stereocenters. The second kappa shape index (κ2) is 5.61. The Morgan fingerprint density at radius 3 is 2.74 bits per heavy atom. The number of aryl methyl sites for hydroxylation is 1. The smallest absolute Gasteiger partial charge is 0.248 e. The van der Waals surface area contributed by atoms with E-state index in [1.165, 1.54) is 0 Å². The summed E-state index contributed by atoms with van der Waals surface area (Å²) < 4.78 is 0. The zero-order valence-electron chi connectivity index (χ0n) is 11.9. The van der Waals surface area contributed by atoms with E-state index in [2.05, 4.69) is 24.1 Å². The van der Waals surface area contributed by atoms with Crippen LogP contribution in [0.15, 0.2) is 18.2 Å². The fraction of sp³-hybridized carbons (Fsp3) is 0.533. The lowest BCUT2D eigenvalue weighted by Crippen LogP contribution is -2.31. The van der Waals surface area contributed by atoms with Crippen molar-refractivity contribution in [1.29, 1.82) is 0 Å². The van der Waals surface area contributed by atoms with E-state index in [0.717, 1.165) is 30.8 Å². The van der Waals surface area contributed by atoms with Gasteiger partial charge in [-0.1, -0.05) is 0 Å². The van der Waals surface area contributed by atoms with Crippen LogP contribution in [0.4, 0.5) is 5.69 Å². The number of benzene rings is 1. The molecule has 4 heteroatoms. The van der Waals surface area contributed by atoms with Gasteiger partial charge in [0.1, 0.15) is 0 Å². The number of nitrogens with one attached hydrogen (secondary N) is 1. The number of likely N-dealkylation sites (tertiary alicyclic amines) is 1. The van der Waals surface area contributed by atoms with Crippen LogP contribution < -0.4 is 11.1 Å². The molecule has 0 aliphatic carbocycles. The Morgan fingerprint density at radius 1 is 1.47 bits per heavy atom. The summed E-state index contributed by atoms with van der Waals surface area (Å²) in [7, 11) is 0. The van der Waals surface area contributed by atoms with Crippen LogP contribution >= 0.6 is 0 Å². The molecule has 19 heavy (non-hydrogen) atoms. The molecule has 0 aromatic heterocycles. The zero-order valence-corrected chi connectivity index (χ0v) is 11.9. The molecule has 1 aliphatic rings. The number of amides is 1. The minimum Gasteiger partial charge on any atom is -0.381 e. The second-order valence-electron chi connectivity index (χ2n) is 5.61. The van der Waals surface area contributed by atoms with Crippen LogP contribution in [0.25, 0.3) is 0 Å². The monoisotopic (exact) mass is 261 g/mol. The maximum Gasteiger partial charge on any atom is 0.248 e. The standard InChI is InChI=1S/C15H23N3O/c1-10(2)18-7-6-13(9-18)17-14-5-4-12(15(16)19)8-11(14)3/h4-5,8,10,13,17H,6-7,9H2,1-3H3,(H2,16,19). The van der Waals surface area contributed by atoms with Gasteiger partial charge in [-0.25, -0.2) is 0 Å². The highest BCUT2D eigenvalue weighted by Gasteiger charge is 2.24. The number of hydrogen-bond acceptors (Lipinski definition) is 3. The lowest BCUT2D eigenvalue weighted by molar-refractivity contribution is 0.1000. The average molecular weight is 261 g/mol. The zero-order chi connectivity index (χ0) is 14.0. The highest BCUT2D eigenvalue weighted by molar-refractivity contribution is 5.93. The lowest BCUT2D eigenvalue weighted by Gasteiger charge is -2.21. The molecule has 1 aromatic carbocycles. The Kier molecular flexibility index (Phi) is 4.10. The van der Waals surface area contributed by atoms with Crippen molar-refractivity contribution in [3.05, 3.63) is 29.3 Å². The predicted molar refractivity (Wildman–Crippen MR) is 78.4 cm³/mol. The molecular weight excluding hydrogens is 238 g/mol. The Labute approximate surface area is 115 Å². The molecule has 1 unspecified atom stereocenters. The van der Waals surface area contributed by atoms with Crippen molar-refractivity contribution in [2.75, 3.05) is 18.4 Å². The summed E-state index contributed by atoms with van der Waals surface area (Å²) in [5.74, 6) is -0.374. The van der Waals surface area contributed by atoms with E-state index in [1.807, 2.05) is 19.1 Å².